The fourth-order valence-electron chi connectivity index (χ4n) is 2.14. The Morgan fingerprint density at radius 2 is 2.11 bits per heavy atom. The minimum absolute atomic E-state index is 0.193. The lowest BCUT2D eigenvalue weighted by Crippen LogP contribution is -2.32. The van der Waals surface area contributed by atoms with E-state index in [4.69, 9.17) is 10.5 Å². The van der Waals surface area contributed by atoms with Gasteiger partial charge < -0.3 is 20.7 Å². The molecule has 8 nitrogen and oxygen atoms in total. The third-order valence-electron chi connectivity index (χ3n) is 3.15. The molecule has 0 spiro atoms. The Labute approximate surface area is 106 Å². The molecule has 0 unspecified atom stereocenters. The molecule has 102 valence electrons. The summed E-state index contributed by atoms with van der Waals surface area (Å²) in [5, 5.41) is 19.5. The number of aliphatic hydroxyl groups is 2. The summed E-state index contributed by atoms with van der Waals surface area (Å²) in [5.74, 6) is 0.193. The van der Waals surface area contributed by atoms with Gasteiger partial charge in [0.15, 0.2) is 17.7 Å². The molecule has 4 N–H and O–H groups in total. The van der Waals surface area contributed by atoms with Crippen LogP contribution in [0.25, 0.3) is 11.2 Å². The van der Waals surface area contributed by atoms with Crippen molar-refractivity contribution in [2.24, 2.45) is 0 Å². The molecule has 1 fully saturated rings. The largest absolute Gasteiger partial charge is 0.387 e. The van der Waals surface area contributed by atoms with Gasteiger partial charge in [-0.15, -0.1) is 0 Å². The normalized spacial score (nSPS) is 31.1. The van der Waals surface area contributed by atoms with Gasteiger partial charge >= 0.3 is 0 Å². The van der Waals surface area contributed by atoms with Crippen LogP contribution < -0.4 is 5.73 Å². The van der Waals surface area contributed by atoms with Crippen LogP contribution in [-0.4, -0.2) is 54.7 Å². The van der Waals surface area contributed by atoms with Crippen molar-refractivity contribution in [3.05, 3.63) is 12.7 Å². The molecule has 0 radical (unpaired) electrons. The molecule has 2 aromatic rings. The second-order valence-electron chi connectivity index (χ2n) is 4.28. The summed E-state index contributed by atoms with van der Waals surface area (Å²) in [4.78, 5) is 11.8. The van der Waals surface area contributed by atoms with Crippen LogP contribution in [0, 0.1) is 0 Å². The number of aliphatic hydroxyl groups excluding tert-OH is 2. The Bertz CT molecular complexity index is 606. The summed E-state index contributed by atoms with van der Waals surface area (Å²) in [7, 11) is 0. The highest BCUT2D eigenvalue weighted by Crippen LogP contribution is 2.31. The number of nitrogen functional groups attached to an aromatic ring is 1. The van der Waals surface area contributed by atoms with Crippen molar-refractivity contribution < 1.29 is 19.3 Å². The zero-order chi connectivity index (χ0) is 13.6. The van der Waals surface area contributed by atoms with E-state index in [9.17, 15) is 14.6 Å². The highest BCUT2D eigenvalue weighted by atomic mass is 19.1. The molecule has 0 aromatic carbocycles. The Balaban J connectivity index is 2.04. The van der Waals surface area contributed by atoms with Gasteiger partial charge in [0.1, 0.15) is 36.8 Å². The summed E-state index contributed by atoms with van der Waals surface area (Å²) < 4.78 is 19.3. The maximum Gasteiger partial charge on any atom is 0.167 e. The third kappa shape index (κ3) is 1.74. The molecule has 3 heterocycles. The number of rotatable bonds is 2. The first-order valence-electron chi connectivity index (χ1n) is 5.64. The summed E-state index contributed by atoms with van der Waals surface area (Å²) in [6.45, 7) is -0.890. The summed E-state index contributed by atoms with van der Waals surface area (Å²) in [5.41, 5.74) is 6.35. The highest BCUT2D eigenvalue weighted by Gasteiger charge is 2.44. The average molecular weight is 269 g/mol. The fourth-order valence-corrected chi connectivity index (χ4v) is 2.14. The second kappa shape index (κ2) is 4.37. The maximum atomic E-state index is 12.6. The van der Waals surface area contributed by atoms with Crippen molar-refractivity contribution in [1.82, 2.24) is 19.5 Å². The number of hydrogen-bond acceptors (Lipinski definition) is 7. The number of imidazole rings is 1. The topological polar surface area (TPSA) is 119 Å². The minimum atomic E-state index is -1.30. The van der Waals surface area contributed by atoms with Gasteiger partial charge in [-0.2, -0.15) is 0 Å². The van der Waals surface area contributed by atoms with Crippen molar-refractivity contribution in [2.75, 3.05) is 12.4 Å². The molecule has 0 aliphatic carbocycles. The van der Waals surface area contributed by atoms with Crippen LogP contribution in [0.1, 0.15) is 6.23 Å². The second-order valence-corrected chi connectivity index (χ2v) is 4.28. The smallest absolute Gasteiger partial charge is 0.167 e. The van der Waals surface area contributed by atoms with E-state index >= 15 is 0 Å². The Morgan fingerprint density at radius 1 is 1.32 bits per heavy atom. The number of aromatic nitrogens is 4. The Hall–Kier alpha value is -1.84. The van der Waals surface area contributed by atoms with Gasteiger partial charge in [0.25, 0.3) is 0 Å². The van der Waals surface area contributed by atoms with Crippen LogP contribution in [0.3, 0.4) is 0 Å². The van der Waals surface area contributed by atoms with Crippen LogP contribution in [0.2, 0.25) is 0 Å². The predicted molar refractivity (Wildman–Crippen MR) is 61.6 cm³/mol. The van der Waals surface area contributed by atoms with E-state index in [0.29, 0.717) is 11.2 Å². The number of nitrogens with two attached hydrogens (primary N) is 1. The quantitative estimate of drug-likeness (QED) is 0.639. The molecule has 19 heavy (non-hydrogen) atoms. The number of halogens is 1. The molecule has 1 saturated heterocycles. The van der Waals surface area contributed by atoms with E-state index in [-0.39, 0.29) is 5.82 Å². The van der Waals surface area contributed by atoms with Gasteiger partial charge in [0.05, 0.1) is 6.33 Å². The summed E-state index contributed by atoms with van der Waals surface area (Å²) in [6, 6.07) is 0. The van der Waals surface area contributed by atoms with Gasteiger partial charge in [-0.3, -0.25) is 4.57 Å². The minimum Gasteiger partial charge on any atom is -0.387 e. The van der Waals surface area contributed by atoms with E-state index < -0.39 is 31.2 Å². The van der Waals surface area contributed by atoms with Crippen molar-refractivity contribution in [3.8, 4) is 0 Å². The van der Waals surface area contributed by atoms with Crippen LogP contribution in [0.4, 0.5) is 10.2 Å². The molecule has 9 heteroatoms. The number of ether oxygens (including phenoxy) is 1. The first-order valence-corrected chi connectivity index (χ1v) is 5.64. The van der Waals surface area contributed by atoms with Gasteiger partial charge in [0, 0.05) is 0 Å². The third-order valence-corrected chi connectivity index (χ3v) is 3.15. The number of hydrogen-bond donors (Lipinski definition) is 3. The molecular weight excluding hydrogens is 257 g/mol. The maximum absolute atomic E-state index is 12.6. The summed E-state index contributed by atoms with van der Waals surface area (Å²) in [6.07, 6.45) is -2.00. The number of nitrogens with zero attached hydrogens (tertiary/aromatic N) is 4. The predicted octanol–water partition coefficient (Wildman–Crippen LogP) is -1.00. The average Bonchev–Trinajstić information content (AvgIpc) is 2.94. The van der Waals surface area contributed by atoms with Gasteiger partial charge in [-0.05, 0) is 0 Å². The SMILES string of the molecule is Nc1ncnc2c1ncn2[C@@H]1O[C@H](CF)[C@@H](O)[C@H]1O. The van der Waals surface area contributed by atoms with Crippen molar-refractivity contribution in [3.63, 3.8) is 0 Å². The van der Waals surface area contributed by atoms with Crippen LogP contribution >= 0.6 is 0 Å². The van der Waals surface area contributed by atoms with Crippen LogP contribution in [-0.2, 0) is 4.74 Å². The molecule has 0 saturated carbocycles. The van der Waals surface area contributed by atoms with Gasteiger partial charge in [-0.1, -0.05) is 0 Å². The van der Waals surface area contributed by atoms with Crippen molar-refractivity contribution >= 4 is 17.0 Å². The Kier molecular flexibility index (Phi) is 2.81. The van der Waals surface area contributed by atoms with E-state index in [1.54, 1.807) is 0 Å². The molecule has 3 rings (SSSR count). The van der Waals surface area contributed by atoms with E-state index in [0.717, 1.165) is 0 Å². The van der Waals surface area contributed by atoms with E-state index in [2.05, 4.69) is 15.0 Å². The van der Waals surface area contributed by atoms with Crippen LogP contribution in [0.5, 0.6) is 0 Å². The van der Waals surface area contributed by atoms with E-state index in [1.807, 2.05) is 0 Å². The van der Waals surface area contributed by atoms with E-state index in [1.165, 1.54) is 17.2 Å². The molecule has 2 aromatic heterocycles. The molecule has 0 bridgehead atoms. The molecule has 1 aliphatic heterocycles. The number of alkyl halides is 1. The molecule has 1 aliphatic rings. The monoisotopic (exact) mass is 269 g/mol. The van der Waals surface area contributed by atoms with Crippen LogP contribution in [0.15, 0.2) is 12.7 Å². The summed E-state index contributed by atoms with van der Waals surface area (Å²) >= 11 is 0. The zero-order valence-electron chi connectivity index (χ0n) is 9.72. The van der Waals surface area contributed by atoms with Crippen molar-refractivity contribution in [1.29, 1.82) is 0 Å². The molecule has 0 amide bonds. The highest BCUT2D eigenvalue weighted by molar-refractivity contribution is 5.81. The molecule has 4 atom stereocenters. The Morgan fingerprint density at radius 3 is 2.79 bits per heavy atom. The van der Waals surface area contributed by atoms with Gasteiger partial charge in [0.2, 0.25) is 0 Å². The van der Waals surface area contributed by atoms with Crippen molar-refractivity contribution in [2.45, 2.75) is 24.5 Å². The first-order chi connectivity index (χ1) is 9.13. The lowest BCUT2D eigenvalue weighted by Gasteiger charge is -2.16. The lowest BCUT2D eigenvalue weighted by atomic mass is 10.1. The lowest BCUT2D eigenvalue weighted by molar-refractivity contribution is -0.0409. The van der Waals surface area contributed by atoms with Gasteiger partial charge in [-0.25, -0.2) is 19.3 Å². The number of fused-ring (bicyclic) bond motifs is 1. The fraction of sp³-hybridized carbons (Fsp3) is 0.500. The molecular formula is C10H12FN5O3. The number of anilines is 1. The zero-order valence-corrected chi connectivity index (χ0v) is 9.72. The standard InChI is InChI=1S/C10H12FN5O3/c11-1-4-6(17)7(18)10(19-4)16-3-15-5-8(12)13-2-14-9(5)16/h2-4,6-7,10,17-18H,1H2,(H2,12,13,14)/t4-,6-,7-,10-/m1/s1. The first kappa shape index (κ1) is 12.2.